The Morgan fingerprint density at radius 2 is 1.79 bits per heavy atom. The number of imidazole rings is 1. The topological polar surface area (TPSA) is 79.3 Å². The molecule has 0 saturated heterocycles. The van der Waals surface area contributed by atoms with Crippen molar-refractivity contribution in [1.82, 2.24) is 25.1 Å². The Balaban J connectivity index is 2.51. The molecule has 1 unspecified atom stereocenters. The molecule has 1 aromatic heterocycles. The van der Waals surface area contributed by atoms with Crippen LogP contribution in [0.25, 0.3) is 5.57 Å². The molecule has 0 spiro atoms. The molecule has 1 atom stereocenters. The van der Waals surface area contributed by atoms with E-state index in [1.165, 1.54) is 5.57 Å². The number of hydrogen-bond acceptors (Lipinski definition) is 4. The van der Waals surface area contributed by atoms with Crippen molar-refractivity contribution in [3.05, 3.63) is 22.8 Å². The minimum atomic E-state index is -0.640. The van der Waals surface area contributed by atoms with Crippen molar-refractivity contribution in [1.29, 1.82) is 0 Å². The Labute approximate surface area is 168 Å². The van der Waals surface area contributed by atoms with Gasteiger partial charge in [-0.15, -0.1) is 0 Å². The molecule has 2 N–H and O–H groups in total. The van der Waals surface area contributed by atoms with E-state index in [1.54, 1.807) is 7.05 Å². The maximum absolute atomic E-state index is 13.2. The molecule has 156 valence electrons. The van der Waals surface area contributed by atoms with E-state index in [-0.39, 0.29) is 11.8 Å². The second-order valence-electron chi connectivity index (χ2n) is 8.99. The van der Waals surface area contributed by atoms with E-state index in [0.29, 0.717) is 12.2 Å². The van der Waals surface area contributed by atoms with E-state index in [2.05, 4.69) is 41.0 Å². The monoisotopic (exact) mass is 389 g/mol. The van der Waals surface area contributed by atoms with Gasteiger partial charge in [-0.05, 0) is 51.8 Å². The lowest BCUT2D eigenvalue weighted by molar-refractivity contribution is -0.124. The zero-order valence-electron chi connectivity index (χ0n) is 18.6. The van der Waals surface area contributed by atoms with Crippen molar-refractivity contribution < 1.29 is 9.59 Å². The highest BCUT2D eigenvalue weighted by Gasteiger charge is 2.34. The highest BCUT2D eigenvalue weighted by Crippen LogP contribution is 2.26. The van der Waals surface area contributed by atoms with Crippen LogP contribution in [-0.4, -0.2) is 52.9 Å². The number of nitrogens with zero attached hydrogens (tertiary/aromatic N) is 3. The van der Waals surface area contributed by atoms with Crippen molar-refractivity contribution in [3.8, 4) is 0 Å². The molecule has 2 rings (SSSR count). The van der Waals surface area contributed by atoms with Gasteiger partial charge in [-0.25, -0.2) is 4.98 Å². The van der Waals surface area contributed by atoms with Crippen molar-refractivity contribution in [2.75, 3.05) is 20.6 Å². The Morgan fingerprint density at radius 3 is 2.32 bits per heavy atom. The van der Waals surface area contributed by atoms with Crippen LogP contribution in [0, 0.1) is 5.41 Å². The van der Waals surface area contributed by atoms with Crippen LogP contribution < -0.4 is 10.6 Å². The van der Waals surface area contributed by atoms with Crippen LogP contribution in [0.15, 0.2) is 5.57 Å². The van der Waals surface area contributed by atoms with Crippen molar-refractivity contribution >= 4 is 17.4 Å². The summed E-state index contributed by atoms with van der Waals surface area (Å²) in [5.74, 6) is 0.349. The van der Waals surface area contributed by atoms with Gasteiger partial charge in [0.2, 0.25) is 5.91 Å². The summed E-state index contributed by atoms with van der Waals surface area (Å²) < 4.78 is 2.17. The van der Waals surface area contributed by atoms with Gasteiger partial charge in [0.05, 0.1) is 5.69 Å². The van der Waals surface area contributed by atoms with Gasteiger partial charge in [0.15, 0.2) is 5.69 Å². The zero-order chi connectivity index (χ0) is 21.2. The fourth-order valence-electron chi connectivity index (χ4n) is 3.43. The number of carbonyl (C=O) groups is 2. The molecule has 0 bridgehead atoms. The van der Waals surface area contributed by atoms with Gasteiger partial charge >= 0.3 is 0 Å². The largest absolute Gasteiger partial charge is 0.357 e. The lowest BCUT2D eigenvalue weighted by Gasteiger charge is -2.29. The third-order valence-electron chi connectivity index (χ3n) is 5.36. The lowest BCUT2D eigenvalue weighted by atomic mass is 9.86. The number of amides is 2. The normalized spacial score (nSPS) is 16.0. The summed E-state index contributed by atoms with van der Waals surface area (Å²) in [6.07, 6.45) is 1.01. The molecule has 0 aromatic carbocycles. The summed E-state index contributed by atoms with van der Waals surface area (Å²) in [4.78, 5) is 32.5. The molecule has 1 aromatic rings. The van der Waals surface area contributed by atoms with Gasteiger partial charge in [-0.2, -0.15) is 0 Å². The predicted molar refractivity (Wildman–Crippen MR) is 112 cm³/mol. The summed E-state index contributed by atoms with van der Waals surface area (Å²) in [5.41, 5.74) is 3.18. The molecule has 0 fully saturated rings. The summed E-state index contributed by atoms with van der Waals surface area (Å²) in [7, 11) is 3.64. The maximum atomic E-state index is 13.2. The SMILES string of the molecule is CNC(=O)C(NC(=O)c1nc(C(C)=C(C)C)n2c1CN(C)CCC2)C(C)(C)C. The summed E-state index contributed by atoms with van der Waals surface area (Å²) in [5, 5.41) is 5.58. The van der Waals surface area contributed by atoms with Crippen LogP contribution in [0.5, 0.6) is 0 Å². The number of allylic oxidation sites excluding steroid dienone is 2. The highest BCUT2D eigenvalue weighted by atomic mass is 16.2. The number of rotatable bonds is 4. The smallest absolute Gasteiger partial charge is 0.272 e. The summed E-state index contributed by atoms with van der Waals surface area (Å²) in [6.45, 7) is 14.4. The van der Waals surface area contributed by atoms with Gasteiger partial charge in [0.1, 0.15) is 11.9 Å². The quantitative estimate of drug-likeness (QED) is 0.829. The number of carbonyl (C=O) groups excluding carboxylic acids is 2. The van der Waals surface area contributed by atoms with E-state index in [1.807, 2.05) is 27.7 Å². The van der Waals surface area contributed by atoms with E-state index < -0.39 is 11.5 Å². The van der Waals surface area contributed by atoms with Crippen molar-refractivity contribution in [3.63, 3.8) is 0 Å². The maximum Gasteiger partial charge on any atom is 0.272 e. The van der Waals surface area contributed by atoms with E-state index in [4.69, 9.17) is 4.98 Å². The van der Waals surface area contributed by atoms with Gasteiger partial charge in [-0.1, -0.05) is 26.3 Å². The summed E-state index contributed by atoms with van der Waals surface area (Å²) in [6, 6.07) is -0.640. The molecule has 7 heteroatoms. The molecule has 1 aliphatic heterocycles. The third kappa shape index (κ3) is 4.63. The first kappa shape index (κ1) is 22.1. The Kier molecular flexibility index (Phi) is 6.70. The van der Waals surface area contributed by atoms with Crippen LogP contribution in [0.1, 0.15) is 70.0 Å². The van der Waals surface area contributed by atoms with Gasteiger partial charge in [0, 0.05) is 20.1 Å². The van der Waals surface area contributed by atoms with Crippen molar-refractivity contribution in [2.45, 2.75) is 67.1 Å². The first-order valence-corrected chi connectivity index (χ1v) is 9.92. The first-order chi connectivity index (χ1) is 13.0. The van der Waals surface area contributed by atoms with Gasteiger partial charge in [0.25, 0.3) is 5.91 Å². The Bertz CT molecular complexity index is 781. The van der Waals surface area contributed by atoms with Crippen LogP contribution in [0.4, 0.5) is 0 Å². The second-order valence-corrected chi connectivity index (χ2v) is 8.99. The predicted octanol–water partition coefficient (Wildman–Crippen LogP) is 2.42. The average molecular weight is 390 g/mol. The van der Waals surface area contributed by atoms with E-state index >= 15 is 0 Å². The van der Waals surface area contributed by atoms with Crippen molar-refractivity contribution in [2.24, 2.45) is 5.41 Å². The standard InChI is InChI=1S/C21H35N5O2/c1-13(2)14(3)18-23-16(15-12-25(8)10-9-11-26(15)18)19(27)24-17(20(28)22-7)21(4,5)6/h17H,9-12H2,1-8H3,(H,22,28)(H,24,27). The van der Waals surface area contributed by atoms with Crippen LogP contribution in [0.2, 0.25) is 0 Å². The molecule has 0 aliphatic carbocycles. The molecule has 2 amide bonds. The van der Waals surface area contributed by atoms with Crippen LogP contribution in [-0.2, 0) is 17.9 Å². The first-order valence-electron chi connectivity index (χ1n) is 9.92. The number of hydrogen-bond donors (Lipinski definition) is 2. The Hall–Kier alpha value is -2.15. The third-order valence-corrected chi connectivity index (χ3v) is 5.36. The second kappa shape index (κ2) is 8.47. The molecule has 7 nitrogen and oxygen atoms in total. The fourth-order valence-corrected chi connectivity index (χ4v) is 3.43. The molecule has 28 heavy (non-hydrogen) atoms. The molecule has 0 radical (unpaired) electrons. The number of nitrogens with one attached hydrogen (secondary N) is 2. The average Bonchev–Trinajstić information content (AvgIpc) is 2.83. The number of fused-ring (bicyclic) bond motifs is 1. The zero-order valence-corrected chi connectivity index (χ0v) is 18.6. The molecular weight excluding hydrogens is 354 g/mol. The van der Waals surface area contributed by atoms with Gasteiger partial charge < -0.3 is 20.1 Å². The molecule has 0 saturated carbocycles. The van der Waals surface area contributed by atoms with Crippen LogP contribution >= 0.6 is 0 Å². The minimum Gasteiger partial charge on any atom is -0.357 e. The number of aromatic nitrogens is 2. The Morgan fingerprint density at radius 1 is 1.14 bits per heavy atom. The fraction of sp³-hybridized carbons (Fsp3) is 0.667. The number of likely N-dealkylation sites (N-methyl/N-ethyl adjacent to an activating group) is 1. The van der Waals surface area contributed by atoms with E-state index in [9.17, 15) is 9.59 Å². The lowest BCUT2D eigenvalue weighted by Crippen LogP contribution is -2.53. The highest BCUT2D eigenvalue weighted by molar-refractivity contribution is 5.97. The van der Waals surface area contributed by atoms with Crippen LogP contribution in [0.3, 0.4) is 0 Å². The molecular formula is C21H35N5O2. The molecule has 2 heterocycles. The van der Waals surface area contributed by atoms with E-state index in [0.717, 1.165) is 36.6 Å². The van der Waals surface area contributed by atoms with Gasteiger partial charge in [-0.3, -0.25) is 9.59 Å². The summed E-state index contributed by atoms with van der Waals surface area (Å²) >= 11 is 0. The minimum absolute atomic E-state index is 0.205. The molecule has 1 aliphatic rings.